The lowest BCUT2D eigenvalue weighted by atomic mass is 10.1. The first kappa shape index (κ1) is 16.3. The van der Waals surface area contributed by atoms with E-state index < -0.39 is 0 Å². The topological polar surface area (TPSA) is 28.4 Å². The summed E-state index contributed by atoms with van der Waals surface area (Å²) >= 11 is 1.89. The highest BCUT2D eigenvalue weighted by Gasteiger charge is 2.12. The zero-order valence-electron chi connectivity index (χ0n) is 13.7. The van der Waals surface area contributed by atoms with Gasteiger partial charge in [0.1, 0.15) is 5.76 Å². The molecular formula is C17H26N2OS. The zero-order chi connectivity index (χ0) is 15.5. The molecular weight excluding hydrogens is 280 g/mol. The molecule has 0 aliphatic rings. The van der Waals surface area contributed by atoms with E-state index in [0.29, 0.717) is 0 Å². The van der Waals surface area contributed by atoms with E-state index in [9.17, 15) is 0 Å². The van der Waals surface area contributed by atoms with Crippen molar-refractivity contribution < 1.29 is 4.42 Å². The molecule has 0 saturated heterocycles. The number of hydrogen-bond donors (Lipinski definition) is 1. The summed E-state index contributed by atoms with van der Waals surface area (Å²) in [6.45, 7) is 11.6. The third kappa shape index (κ3) is 5.30. The van der Waals surface area contributed by atoms with E-state index in [1.54, 1.807) is 6.26 Å². The molecule has 0 radical (unpaired) electrons. The quantitative estimate of drug-likeness (QED) is 0.868. The highest BCUT2D eigenvalue weighted by molar-refractivity contribution is 7.12. The summed E-state index contributed by atoms with van der Waals surface area (Å²) < 4.78 is 5.40. The van der Waals surface area contributed by atoms with E-state index in [4.69, 9.17) is 4.42 Å². The minimum atomic E-state index is 0.161. The molecule has 2 heterocycles. The maximum Gasteiger partial charge on any atom is 0.117 e. The molecule has 4 heteroatoms. The molecule has 2 rings (SSSR count). The Bertz CT molecular complexity index is 552. The number of thiophene rings is 1. The van der Waals surface area contributed by atoms with Crippen molar-refractivity contribution in [1.82, 2.24) is 10.2 Å². The van der Waals surface area contributed by atoms with Crippen molar-refractivity contribution in [3.05, 3.63) is 45.5 Å². The number of nitrogens with zero attached hydrogens (tertiary/aromatic N) is 1. The number of nitrogens with one attached hydrogen (secondary N) is 1. The van der Waals surface area contributed by atoms with Gasteiger partial charge in [-0.25, -0.2) is 0 Å². The molecule has 0 aromatic carbocycles. The number of rotatable bonds is 6. The first-order chi connectivity index (χ1) is 9.83. The van der Waals surface area contributed by atoms with Gasteiger partial charge in [0, 0.05) is 28.4 Å². The smallest absolute Gasteiger partial charge is 0.117 e. The predicted molar refractivity (Wildman–Crippen MR) is 89.5 cm³/mol. The van der Waals surface area contributed by atoms with E-state index in [0.717, 1.165) is 25.4 Å². The molecule has 0 saturated carbocycles. The zero-order valence-corrected chi connectivity index (χ0v) is 14.5. The van der Waals surface area contributed by atoms with Crippen LogP contribution in [0.5, 0.6) is 0 Å². The van der Waals surface area contributed by atoms with Gasteiger partial charge in [-0.15, -0.1) is 11.3 Å². The fraction of sp³-hybridized carbons (Fsp3) is 0.529. The van der Waals surface area contributed by atoms with Crippen molar-refractivity contribution in [3.8, 4) is 0 Å². The maximum atomic E-state index is 5.40. The fourth-order valence-corrected chi connectivity index (χ4v) is 3.19. The van der Waals surface area contributed by atoms with Crippen molar-refractivity contribution in [3.63, 3.8) is 0 Å². The Morgan fingerprint density at radius 1 is 1.29 bits per heavy atom. The number of furan rings is 1. The average Bonchev–Trinajstić information content (AvgIpc) is 2.97. The Hall–Kier alpha value is -1.10. The number of hydrogen-bond acceptors (Lipinski definition) is 4. The fourth-order valence-electron chi connectivity index (χ4n) is 2.20. The Balaban J connectivity index is 1.92. The summed E-state index contributed by atoms with van der Waals surface area (Å²) in [5.41, 5.74) is 1.58. The maximum absolute atomic E-state index is 5.40. The van der Waals surface area contributed by atoms with Crippen LogP contribution < -0.4 is 5.32 Å². The lowest BCUT2D eigenvalue weighted by Gasteiger charge is -2.19. The van der Waals surface area contributed by atoms with Crippen LogP contribution in [0.4, 0.5) is 0 Å². The van der Waals surface area contributed by atoms with Gasteiger partial charge in [-0.05, 0) is 58.5 Å². The summed E-state index contributed by atoms with van der Waals surface area (Å²) in [6, 6.07) is 6.29. The number of aryl methyl sites for hydroxylation is 1. The molecule has 0 fully saturated rings. The van der Waals surface area contributed by atoms with Gasteiger partial charge in [0.15, 0.2) is 0 Å². The van der Waals surface area contributed by atoms with Crippen LogP contribution in [-0.2, 0) is 19.6 Å². The lowest BCUT2D eigenvalue weighted by molar-refractivity contribution is 0.287. The summed E-state index contributed by atoms with van der Waals surface area (Å²) in [5.74, 6) is 1.01. The van der Waals surface area contributed by atoms with Crippen molar-refractivity contribution in [1.29, 1.82) is 0 Å². The second-order valence-electron chi connectivity index (χ2n) is 6.65. The Kier molecular flexibility index (Phi) is 5.25. The third-order valence-corrected chi connectivity index (χ3v) is 4.40. The molecule has 0 spiro atoms. The van der Waals surface area contributed by atoms with Gasteiger partial charge in [-0.3, -0.25) is 4.90 Å². The molecule has 1 N–H and O–H groups in total. The molecule has 116 valence electrons. The highest BCUT2D eigenvalue weighted by Crippen LogP contribution is 2.23. The lowest BCUT2D eigenvalue weighted by Crippen LogP contribution is -2.34. The van der Waals surface area contributed by atoms with Crippen molar-refractivity contribution in [2.75, 3.05) is 7.05 Å². The highest BCUT2D eigenvalue weighted by atomic mass is 32.1. The Labute approximate surface area is 132 Å². The summed E-state index contributed by atoms with van der Waals surface area (Å²) in [7, 11) is 2.13. The van der Waals surface area contributed by atoms with Crippen LogP contribution in [0.25, 0.3) is 0 Å². The molecule has 0 bridgehead atoms. The van der Waals surface area contributed by atoms with Crippen LogP contribution in [0.2, 0.25) is 0 Å². The van der Waals surface area contributed by atoms with Crippen molar-refractivity contribution in [2.24, 2.45) is 0 Å². The van der Waals surface area contributed by atoms with Gasteiger partial charge < -0.3 is 9.73 Å². The van der Waals surface area contributed by atoms with Crippen LogP contribution in [0, 0.1) is 6.92 Å². The molecule has 0 atom stereocenters. The first-order valence-electron chi connectivity index (χ1n) is 7.37. The predicted octanol–water partition coefficient (Wildman–Crippen LogP) is 4.17. The van der Waals surface area contributed by atoms with Gasteiger partial charge >= 0.3 is 0 Å². The Morgan fingerprint density at radius 3 is 2.67 bits per heavy atom. The van der Waals surface area contributed by atoms with Crippen LogP contribution in [0.15, 0.2) is 28.9 Å². The van der Waals surface area contributed by atoms with Crippen molar-refractivity contribution >= 4 is 11.3 Å². The monoisotopic (exact) mass is 306 g/mol. The van der Waals surface area contributed by atoms with Gasteiger partial charge in [0.05, 0.1) is 12.8 Å². The van der Waals surface area contributed by atoms with E-state index in [1.165, 1.54) is 15.3 Å². The van der Waals surface area contributed by atoms with Gasteiger partial charge in [-0.1, -0.05) is 0 Å². The van der Waals surface area contributed by atoms with Crippen LogP contribution >= 0.6 is 11.3 Å². The van der Waals surface area contributed by atoms with E-state index in [1.807, 2.05) is 23.5 Å². The van der Waals surface area contributed by atoms with Crippen LogP contribution in [-0.4, -0.2) is 17.5 Å². The SMILES string of the molecule is Cc1sc(CNC(C)(C)C)cc1CN(C)Cc1ccco1. The molecule has 0 unspecified atom stereocenters. The van der Waals surface area contributed by atoms with E-state index in [-0.39, 0.29) is 5.54 Å². The molecule has 0 aliphatic carbocycles. The molecule has 2 aromatic heterocycles. The van der Waals surface area contributed by atoms with Gasteiger partial charge in [-0.2, -0.15) is 0 Å². The minimum Gasteiger partial charge on any atom is -0.468 e. The molecule has 21 heavy (non-hydrogen) atoms. The minimum absolute atomic E-state index is 0.161. The molecule has 3 nitrogen and oxygen atoms in total. The molecule has 2 aromatic rings. The molecule has 0 aliphatic heterocycles. The normalized spacial score (nSPS) is 12.3. The summed E-state index contributed by atoms with van der Waals surface area (Å²) in [5, 5.41) is 3.55. The third-order valence-electron chi connectivity index (χ3n) is 3.31. The van der Waals surface area contributed by atoms with Crippen LogP contribution in [0.3, 0.4) is 0 Å². The average molecular weight is 306 g/mol. The molecule has 0 amide bonds. The second-order valence-corrected chi connectivity index (χ2v) is 7.99. The van der Waals surface area contributed by atoms with Crippen LogP contribution in [0.1, 0.15) is 41.8 Å². The second kappa shape index (κ2) is 6.77. The summed E-state index contributed by atoms with van der Waals surface area (Å²) in [4.78, 5) is 5.10. The Morgan fingerprint density at radius 2 is 2.05 bits per heavy atom. The van der Waals surface area contributed by atoms with E-state index >= 15 is 0 Å². The van der Waals surface area contributed by atoms with Crippen molar-refractivity contribution in [2.45, 2.75) is 52.9 Å². The standard InChI is InChI=1S/C17H26N2OS/c1-13-14(9-16(21-13)10-18-17(2,3)4)11-19(5)12-15-7-6-8-20-15/h6-9,18H,10-12H2,1-5H3. The van der Waals surface area contributed by atoms with Gasteiger partial charge in [0.25, 0.3) is 0 Å². The largest absolute Gasteiger partial charge is 0.468 e. The van der Waals surface area contributed by atoms with E-state index in [2.05, 4.69) is 51.0 Å². The summed E-state index contributed by atoms with van der Waals surface area (Å²) in [6.07, 6.45) is 1.73. The van der Waals surface area contributed by atoms with Gasteiger partial charge in [0.2, 0.25) is 0 Å². The first-order valence-corrected chi connectivity index (χ1v) is 8.19.